The third kappa shape index (κ3) is 3.05. The van der Waals surface area contributed by atoms with Crippen LogP contribution in [0, 0.1) is 0 Å². The van der Waals surface area contributed by atoms with Crippen LogP contribution in [0.3, 0.4) is 0 Å². The molecule has 0 fully saturated rings. The second-order valence-corrected chi connectivity index (χ2v) is 4.37. The molecule has 0 aliphatic carbocycles. The largest absolute Gasteiger partial charge is 0.480 e. The molecule has 1 rings (SSSR count). The van der Waals surface area contributed by atoms with Gasteiger partial charge in [0.2, 0.25) is 0 Å². The van der Waals surface area contributed by atoms with Crippen molar-refractivity contribution in [1.29, 1.82) is 0 Å². The van der Waals surface area contributed by atoms with Crippen LogP contribution in [0.15, 0.2) is 35.2 Å². The average Bonchev–Trinajstić information content (AvgIpc) is 2.16. The van der Waals surface area contributed by atoms with Gasteiger partial charge < -0.3 is 10.8 Å². The lowest BCUT2D eigenvalue weighted by Gasteiger charge is -2.18. The molecule has 0 heterocycles. The van der Waals surface area contributed by atoms with E-state index in [1.807, 2.05) is 30.3 Å². The molecule has 0 amide bonds. The van der Waals surface area contributed by atoms with E-state index in [-0.39, 0.29) is 0 Å². The molecule has 0 aliphatic rings. The number of hydrogen-bond acceptors (Lipinski definition) is 3. The van der Waals surface area contributed by atoms with Crippen molar-refractivity contribution in [2.45, 2.75) is 17.4 Å². The summed E-state index contributed by atoms with van der Waals surface area (Å²) in [5.74, 6) is -0.604. The van der Waals surface area contributed by atoms with Gasteiger partial charge in [-0.3, -0.25) is 4.79 Å². The van der Waals surface area contributed by atoms with E-state index in [0.29, 0.717) is 5.75 Å². The maximum absolute atomic E-state index is 10.7. The number of carboxylic acid groups (broad SMARTS) is 1. The Morgan fingerprint density at radius 2 is 2.07 bits per heavy atom. The summed E-state index contributed by atoms with van der Waals surface area (Å²) in [6.07, 6.45) is 0. The van der Waals surface area contributed by atoms with Crippen molar-refractivity contribution in [2.75, 3.05) is 5.75 Å². The lowest BCUT2D eigenvalue weighted by molar-refractivity contribution is -0.141. The number of thioether (sulfide) groups is 1. The van der Waals surface area contributed by atoms with Gasteiger partial charge in [0, 0.05) is 10.6 Å². The number of rotatable bonds is 4. The summed E-state index contributed by atoms with van der Waals surface area (Å²) in [6.45, 7) is 1.52. The quantitative estimate of drug-likeness (QED) is 0.742. The van der Waals surface area contributed by atoms with Crippen molar-refractivity contribution < 1.29 is 9.90 Å². The monoisotopic (exact) mass is 211 g/mol. The number of aliphatic carboxylic acids is 1. The van der Waals surface area contributed by atoms with Gasteiger partial charge in [-0.25, -0.2) is 0 Å². The molecule has 0 aliphatic heterocycles. The highest BCUT2D eigenvalue weighted by Crippen LogP contribution is 2.20. The first-order chi connectivity index (χ1) is 6.52. The van der Waals surface area contributed by atoms with Crippen LogP contribution < -0.4 is 5.73 Å². The smallest absolute Gasteiger partial charge is 0.324 e. The van der Waals surface area contributed by atoms with Crippen molar-refractivity contribution in [3.8, 4) is 0 Å². The van der Waals surface area contributed by atoms with Gasteiger partial charge in [-0.05, 0) is 19.1 Å². The summed E-state index contributed by atoms with van der Waals surface area (Å²) < 4.78 is 0. The molecule has 3 N–H and O–H groups in total. The summed E-state index contributed by atoms with van der Waals surface area (Å²) in [6, 6.07) is 9.61. The molecule has 0 saturated heterocycles. The molecule has 0 aromatic heterocycles. The lowest BCUT2D eigenvalue weighted by Crippen LogP contribution is -2.47. The van der Waals surface area contributed by atoms with Gasteiger partial charge in [-0.15, -0.1) is 11.8 Å². The van der Waals surface area contributed by atoms with Gasteiger partial charge in [0.1, 0.15) is 5.54 Å². The zero-order chi connectivity index (χ0) is 10.6. The molecule has 1 aromatic rings. The summed E-state index contributed by atoms with van der Waals surface area (Å²) in [5.41, 5.74) is 4.42. The van der Waals surface area contributed by atoms with Gasteiger partial charge in [-0.1, -0.05) is 18.2 Å². The highest BCUT2D eigenvalue weighted by molar-refractivity contribution is 7.99. The van der Waals surface area contributed by atoms with Crippen molar-refractivity contribution in [2.24, 2.45) is 5.73 Å². The van der Waals surface area contributed by atoms with Crippen LogP contribution in [0.4, 0.5) is 0 Å². The molecular formula is C10H13NO2S. The van der Waals surface area contributed by atoms with E-state index in [1.54, 1.807) is 0 Å². The van der Waals surface area contributed by atoms with Crippen molar-refractivity contribution >= 4 is 17.7 Å². The number of benzene rings is 1. The Hall–Kier alpha value is -1.00. The Kier molecular flexibility index (Phi) is 3.55. The first-order valence-electron chi connectivity index (χ1n) is 4.22. The third-order valence-corrected chi connectivity index (χ3v) is 3.12. The van der Waals surface area contributed by atoms with Crippen molar-refractivity contribution in [3.63, 3.8) is 0 Å². The molecular weight excluding hydrogens is 198 g/mol. The maximum Gasteiger partial charge on any atom is 0.324 e. The first kappa shape index (κ1) is 11.1. The molecule has 0 radical (unpaired) electrons. The predicted octanol–water partition coefficient (Wildman–Crippen LogP) is 1.58. The van der Waals surface area contributed by atoms with Crippen LogP contribution in [-0.2, 0) is 4.79 Å². The molecule has 1 aromatic carbocycles. The van der Waals surface area contributed by atoms with Gasteiger partial charge in [0.05, 0.1) is 0 Å². The minimum absolute atomic E-state index is 0.367. The SMILES string of the molecule is CC(N)(CSc1ccccc1)C(=O)O. The van der Waals surface area contributed by atoms with E-state index < -0.39 is 11.5 Å². The Bertz CT molecular complexity index is 311. The average molecular weight is 211 g/mol. The van der Waals surface area contributed by atoms with Crippen LogP contribution in [-0.4, -0.2) is 22.4 Å². The Labute approximate surface area is 87.3 Å². The van der Waals surface area contributed by atoms with Gasteiger partial charge in [0.15, 0.2) is 0 Å². The molecule has 1 atom stereocenters. The van der Waals surface area contributed by atoms with Crippen LogP contribution in [0.1, 0.15) is 6.92 Å². The molecule has 0 bridgehead atoms. The Morgan fingerprint density at radius 3 is 2.57 bits per heavy atom. The Morgan fingerprint density at radius 1 is 1.50 bits per heavy atom. The molecule has 0 spiro atoms. The van der Waals surface area contributed by atoms with Crippen molar-refractivity contribution in [3.05, 3.63) is 30.3 Å². The second kappa shape index (κ2) is 4.48. The number of carbonyl (C=O) groups is 1. The van der Waals surface area contributed by atoms with Crippen LogP contribution in [0.25, 0.3) is 0 Å². The first-order valence-corrected chi connectivity index (χ1v) is 5.21. The van der Waals surface area contributed by atoms with E-state index in [2.05, 4.69) is 0 Å². The predicted molar refractivity (Wildman–Crippen MR) is 57.4 cm³/mol. The zero-order valence-corrected chi connectivity index (χ0v) is 8.75. The summed E-state index contributed by atoms with van der Waals surface area (Å²) >= 11 is 1.45. The summed E-state index contributed by atoms with van der Waals surface area (Å²) in [5, 5.41) is 8.78. The van der Waals surface area contributed by atoms with E-state index in [1.165, 1.54) is 18.7 Å². The van der Waals surface area contributed by atoms with Crippen LogP contribution in [0.5, 0.6) is 0 Å². The topological polar surface area (TPSA) is 63.3 Å². The lowest BCUT2D eigenvalue weighted by atomic mass is 10.1. The normalized spacial score (nSPS) is 14.7. The van der Waals surface area contributed by atoms with Crippen LogP contribution in [0.2, 0.25) is 0 Å². The molecule has 3 nitrogen and oxygen atoms in total. The van der Waals surface area contributed by atoms with Gasteiger partial charge in [-0.2, -0.15) is 0 Å². The standard InChI is InChI=1S/C10H13NO2S/c1-10(11,9(12)13)7-14-8-5-3-2-4-6-8/h2-6H,7,11H2,1H3,(H,12,13). The molecule has 76 valence electrons. The number of carboxylic acids is 1. The van der Waals surface area contributed by atoms with E-state index in [4.69, 9.17) is 10.8 Å². The molecule has 1 unspecified atom stereocenters. The van der Waals surface area contributed by atoms with Gasteiger partial charge >= 0.3 is 5.97 Å². The zero-order valence-electron chi connectivity index (χ0n) is 7.93. The van der Waals surface area contributed by atoms with Crippen molar-refractivity contribution in [1.82, 2.24) is 0 Å². The summed E-state index contributed by atoms with van der Waals surface area (Å²) in [4.78, 5) is 11.7. The third-order valence-electron chi connectivity index (χ3n) is 1.77. The van der Waals surface area contributed by atoms with E-state index in [9.17, 15) is 4.79 Å². The number of nitrogens with two attached hydrogens (primary N) is 1. The minimum atomic E-state index is -1.17. The fraction of sp³-hybridized carbons (Fsp3) is 0.300. The molecule has 14 heavy (non-hydrogen) atoms. The van der Waals surface area contributed by atoms with Gasteiger partial charge in [0.25, 0.3) is 0 Å². The fourth-order valence-corrected chi connectivity index (χ4v) is 1.75. The molecule has 4 heteroatoms. The van der Waals surface area contributed by atoms with E-state index >= 15 is 0 Å². The van der Waals surface area contributed by atoms with E-state index in [0.717, 1.165) is 4.90 Å². The summed E-state index contributed by atoms with van der Waals surface area (Å²) in [7, 11) is 0. The number of hydrogen-bond donors (Lipinski definition) is 2. The second-order valence-electron chi connectivity index (χ2n) is 3.32. The minimum Gasteiger partial charge on any atom is -0.480 e. The Balaban J connectivity index is 2.53. The maximum atomic E-state index is 10.7. The highest BCUT2D eigenvalue weighted by Gasteiger charge is 2.27. The highest BCUT2D eigenvalue weighted by atomic mass is 32.2. The van der Waals surface area contributed by atoms with Crippen LogP contribution >= 0.6 is 11.8 Å². The molecule has 0 saturated carbocycles. The fourth-order valence-electron chi connectivity index (χ4n) is 0.812.